The minimum Gasteiger partial charge on any atom is -0.480 e. The van der Waals surface area contributed by atoms with Crippen molar-refractivity contribution in [1.29, 1.82) is 0 Å². The van der Waals surface area contributed by atoms with Gasteiger partial charge >= 0.3 is 11.9 Å². The van der Waals surface area contributed by atoms with Gasteiger partial charge in [-0.2, -0.15) is 0 Å². The zero-order valence-corrected chi connectivity index (χ0v) is 60.3. The highest BCUT2D eigenvalue weighted by Gasteiger charge is 2.40. The van der Waals surface area contributed by atoms with E-state index in [2.05, 4.69) is 53.2 Å². The molecule has 0 aliphatic carbocycles. The van der Waals surface area contributed by atoms with Gasteiger partial charge in [0.05, 0.1) is 25.2 Å². The summed E-state index contributed by atoms with van der Waals surface area (Å²) in [6.45, 7) is 13.4. The Balaban J connectivity index is 1.89. The Morgan fingerprint density at radius 1 is 0.480 bits per heavy atom. The quantitative estimate of drug-likeness (QED) is 0.0347. The highest BCUT2D eigenvalue weighted by atomic mass is 16.4. The fourth-order valence-corrected chi connectivity index (χ4v) is 11.3. The molecule has 33 heteroatoms. The summed E-state index contributed by atoms with van der Waals surface area (Å²) in [4.78, 5) is 198. The fourth-order valence-electron chi connectivity index (χ4n) is 11.3. The molecule has 1 aliphatic rings. The van der Waals surface area contributed by atoms with Crippen LogP contribution in [0.4, 0.5) is 0 Å². The van der Waals surface area contributed by atoms with Crippen LogP contribution in [0.1, 0.15) is 196 Å². The second kappa shape index (κ2) is 46.6. The standard InChI is InChI=1S/C69H113N13O20/c1-10-40(6)56(65(96)81-58(43(9)85)67(98)76-46(33-38(2)3)60(91)72-41(7)68(99)100)79-59(90)45(30-31-52(70)86)74-64(95)51-27-24-32-82(51)55(89)29-23-18-16-14-12-11-13-15-17-22-28-54(88)73-50(37-83)63(94)80-57(42(8)84)66(97)77-47(34-39(4)5)61(92)75-48(36-53(71)87)62(93)78-49(69(101)102)35-44-25-20-19-21-26-44/h19-21,25-26,38-43,45-51,56-58,83-85H,10-18,22-24,27-37H2,1-9H3,(H2,70,86)(H2,71,87)(H,72,91)(H,73,88)(H,74,95)(H,75,92)(H,76,98)(H,77,97)(H,78,93)(H,79,90)(H,80,94)(H,81,96)(H,99,100)(H,101,102)/t40-,41-,42+,43+,45-,46-,47-,48-,49-,50-,51-,56-,57-,58-/m0/s1. The monoisotopic (exact) mass is 1440 g/mol. The third-order valence-corrected chi connectivity index (χ3v) is 17.3. The lowest BCUT2D eigenvalue weighted by atomic mass is 9.96. The van der Waals surface area contributed by atoms with Crippen LogP contribution in [-0.2, 0) is 78.3 Å². The molecule has 0 bridgehead atoms. The summed E-state index contributed by atoms with van der Waals surface area (Å²) < 4.78 is 0. The number of nitrogens with one attached hydrogen (secondary N) is 10. The number of amides is 13. The Bertz CT molecular complexity index is 2950. The maximum atomic E-state index is 14.0. The van der Waals surface area contributed by atoms with E-state index in [1.165, 1.54) is 25.7 Å². The average molecular weight is 1440 g/mol. The lowest BCUT2D eigenvalue weighted by Gasteiger charge is -2.30. The van der Waals surface area contributed by atoms with Gasteiger partial charge < -0.3 is 95.1 Å². The van der Waals surface area contributed by atoms with Crippen molar-refractivity contribution in [3.63, 3.8) is 0 Å². The van der Waals surface area contributed by atoms with Gasteiger partial charge in [-0.3, -0.25) is 67.1 Å². The maximum Gasteiger partial charge on any atom is 0.326 e. The molecule has 1 aromatic carbocycles. The maximum absolute atomic E-state index is 14.0. The van der Waals surface area contributed by atoms with Crippen molar-refractivity contribution >= 4 is 88.7 Å². The number of carbonyl (C=O) groups is 15. The van der Waals surface area contributed by atoms with E-state index in [-0.39, 0.29) is 62.7 Å². The number of carboxylic acid groups (broad SMARTS) is 2. The normalized spacial score (nSPS) is 16.6. The van der Waals surface area contributed by atoms with Gasteiger partial charge in [0.1, 0.15) is 66.5 Å². The molecule has 33 nitrogen and oxygen atoms in total. The highest BCUT2D eigenvalue weighted by molar-refractivity contribution is 5.99. The topological polar surface area (TPSA) is 533 Å². The summed E-state index contributed by atoms with van der Waals surface area (Å²) in [7, 11) is 0. The molecule has 1 saturated heterocycles. The molecule has 2 rings (SSSR count). The van der Waals surface area contributed by atoms with Crippen LogP contribution in [-0.4, -0.2) is 211 Å². The Morgan fingerprint density at radius 2 is 0.922 bits per heavy atom. The molecule has 574 valence electrons. The molecule has 0 radical (unpaired) electrons. The van der Waals surface area contributed by atoms with Crippen LogP contribution < -0.4 is 64.6 Å². The summed E-state index contributed by atoms with van der Waals surface area (Å²) in [5.41, 5.74) is 11.4. The van der Waals surface area contributed by atoms with Crippen molar-refractivity contribution in [1.82, 2.24) is 58.1 Å². The van der Waals surface area contributed by atoms with Gasteiger partial charge in [0, 0.05) is 32.2 Å². The first-order valence-electron chi connectivity index (χ1n) is 35.4. The predicted molar refractivity (Wildman–Crippen MR) is 372 cm³/mol. The van der Waals surface area contributed by atoms with Crippen LogP contribution in [0.3, 0.4) is 0 Å². The van der Waals surface area contributed by atoms with Gasteiger partial charge in [0.2, 0.25) is 76.8 Å². The molecular weight excluding hydrogens is 1330 g/mol. The second-order valence-corrected chi connectivity index (χ2v) is 27.2. The minimum absolute atomic E-state index is 0.0112. The number of hydrogen-bond donors (Lipinski definition) is 17. The van der Waals surface area contributed by atoms with E-state index in [1.54, 1.807) is 71.9 Å². The van der Waals surface area contributed by atoms with Crippen LogP contribution in [0.25, 0.3) is 0 Å². The molecule has 1 aliphatic heterocycles. The van der Waals surface area contributed by atoms with E-state index < -0.39 is 180 Å². The number of aliphatic carboxylic acids is 2. The van der Waals surface area contributed by atoms with E-state index in [1.807, 2.05) is 0 Å². The lowest BCUT2D eigenvalue weighted by molar-refractivity contribution is -0.142. The van der Waals surface area contributed by atoms with Gasteiger partial charge in [-0.25, -0.2) is 4.79 Å². The molecule has 19 N–H and O–H groups in total. The van der Waals surface area contributed by atoms with Crippen LogP contribution in [0.15, 0.2) is 30.3 Å². The van der Waals surface area contributed by atoms with Crippen LogP contribution >= 0.6 is 0 Å². The van der Waals surface area contributed by atoms with Crippen LogP contribution in [0.2, 0.25) is 0 Å². The van der Waals surface area contributed by atoms with E-state index in [9.17, 15) is 97.5 Å². The van der Waals surface area contributed by atoms with Gasteiger partial charge in [0.15, 0.2) is 0 Å². The van der Waals surface area contributed by atoms with Crippen molar-refractivity contribution in [2.45, 2.75) is 276 Å². The van der Waals surface area contributed by atoms with Crippen LogP contribution in [0.5, 0.6) is 0 Å². The number of aliphatic hydroxyl groups excluding tert-OH is 3. The largest absolute Gasteiger partial charge is 0.480 e. The van der Waals surface area contributed by atoms with E-state index in [4.69, 9.17) is 11.5 Å². The highest BCUT2D eigenvalue weighted by Crippen LogP contribution is 2.22. The second-order valence-electron chi connectivity index (χ2n) is 27.2. The van der Waals surface area contributed by atoms with E-state index in [0.717, 1.165) is 44.9 Å². The number of benzene rings is 1. The van der Waals surface area contributed by atoms with Gasteiger partial charge in [0.25, 0.3) is 0 Å². The van der Waals surface area contributed by atoms with Gasteiger partial charge in [-0.15, -0.1) is 0 Å². The zero-order chi connectivity index (χ0) is 76.9. The van der Waals surface area contributed by atoms with Crippen molar-refractivity contribution in [3.8, 4) is 0 Å². The summed E-state index contributed by atoms with van der Waals surface area (Å²) in [6.07, 6.45) is 4.51. The minimum atomic E-state index is -1.71. The molecule has 1 aromatic rings. The molecule has 0 saturated carbocycles. The zero-order valence-electron chi connectivity index (χ0n) is 60.3. The molecule has 13 amide bonds. The van der Waals surface area contributed by atoms with E-state index in [0.29, 0.717) is 50.6 Å². The molecule has 0 spiro atoms. The number of primary amides is 2. The molecule has 0 unspecified atom stereocenters. The Morgan fingerprint density at radius 3 is 1.39 bits per heavy atom. The Hall–Kier alpha value is -8.85. The first-order valence-corrected chi connectivity index (χ1v) is 35.4. The molecule has 1 heterocycles. The third-order valence-electron chi connectivity index (χ3n) is 17.3. The average Bonchev–Trinajstić information content (AvgIpc) is 1.49. The first-order chi connectivity index (χ1) is 48.0. The number of rotatable bonds is 50. The molecular formula is C69H113N13O20. The Kier molecular flexibility index (Phi) is 40.8. The predicted octanol–water partition coefficient (Wildman–Crippen LogP) is -1.03. The third kappa shape index (κ3) is 33.3. The van der Waals surface area contributed by atoms with E-state index >= 15 is 0 Å². The van der Waals surface area contributed by atoms with Crippen molar-refractivity contribution in [2.75, 3.05) is 13.2 Å². The number of carbonyl (C=O) groups excluding carboxylic acids is 13. The van der Waals surface area contributed by atoms with Gasteiger partial charge in [-0.1, -0.05) is 130 Å². The summed E-state index contributed by atoms with van der Waals surface area (Å²) in [6, 6.07) is -7.23. The van der Waals surface area contributed by atoms with Crippen LogP contribution in [0, 0.1) is 17.8 Å². The number of aliphatic hydroxyl groups is 3. The lowest BCUT2D eigenvalue weighted by Crippen LogP contribution is -2.62. The number of likely N-dealkylation sites (tertiary alicyclic amines) is 1. The number of nitrogens with two attached hydrogens (primary N) is 2. The number of hydrogen-bond acceptors (Lipinski definition) is 18. The number of carboxylic acids is 2. The molecule has 0 aromatic heterocycles. The van der Waals surface area contributed by atoms with Gasteiger partial charge in [-0.05, 0) is 89.0 Å². The Labute approximate surface area is 596 Å². The fraction of sp³-hybridized carbons (Fsp3) is 0.696. The summed E-state index contributed by atoms with van der Waals surface area (Å²) >= 11 is 0. The molecule has 102 heavy (non-hydrogen) atoms. The van der Waals surface area contributed by atoms with Crippen molar-refractivity contribution in [2.24, 2.45) is 29.2 Å². The number of unbranched alkanes of at least 4 members (excludes halogenated alkanes) is 9. The molecule has 1 fully saturated rings. The first kappa shape index (κ1) is 89.2. The summed E-state index contributed by atoms with van der Waals surface area (Å²) in [5, 5.41) is 74.9. The summed E-state index contributed by atoms with van der Waals surface area (Å²) in [5.74, 6) is -14.5. The number of nitrogens with zero attached hydrogens (tertiary/aromatic N) is 1. The van der Waals surface area contributed by atoms with Crippen molar-refractivity contribution < 1.29 is 97.5 Å². The molecule has 14 atom stereocenters. The van der Waals surface area contributed by atoms with Crippen molar-refractivity contribution in [3.05, 3.63) is 35.9 Å². The SMILES string of the molecule is CC[C@H](C)[C@H](NC(=O)[C@H](CCC(N)=O)NC(=O)[C@@H]1CCCN1C(=O)CCCCCCCCCCCCC(=O)N[C@@H](CO)C(=O)N[C@H](C(=O)N[C@@H](CC(C)C)C(=O)N[C@@H](CC(N)=O)C(=O)N[C@@H](Cc1ccccc1)C(=O)O)[C@@H](C)O)C(=O)N[C@H](C(=O)N[C@@H](CC(C)C)C(=O)N[C@@H](C)C(=O)O)[C@@H](C)O. The smallest absolute Gasteiger partial charge is 0.326 e.